The number of allylic oxidation sites excluding steroid dienone is 2. The zero-order valence-electron chi connectivity index (χ0n) is 29.1. The van der Waals surface area contributed by atoms with Crippen molar-refractivity contribution in [1.82, 2.24) is 0 Å². The van der Waals surface area contributed by atoms with Gasteiger partial charge in [-0.15, -0.1) is 23.5 Å². The molecular weight excluding hydrogens is 665 g/mol. The van der Waals surface area contributed by atoms with Gasteiger partial charge in [-0.25, -0.2) is 9.59 Å². The van der Waals surface area contributed by atoms with Gasteiger partial charge in [0.15, 0.2) is 12.2 Å². The van der Waals surface area contributed by atoms with Gasteiger partial charge in [0.2, 0.25) is 0 Å². The standard InChI is InChI=1S/C42H46O6S2/c1-5-47-39(41(43)44)27-31-7-19-37(20-8-31)49-25-23-29(3)33-11-15-35(16-12-33)36-17-13-34(14-18-36)30(4)24-26-50-38-21-9-32(10-22-38)28-40(42(45)46)48-6-2/h7-24,39-40H,5-6,25-28H2,1-4H3,(H,43,44)(H,45,46)/b29-23-,30-24-. The van der Waals surface area contributed by atoms with E-state index in [4.69, 9.17) is 9.47 Å². The summed E-state index contributed by atoms with van der Waals surface area (Å²) in [6, 6.07) is 33.4. The molecule has 0 aromatic heterocycles. The number of ether oxygens (including phenoxy) is 2. The van der Waals surface area contributed by atoms with Crippen LogP contribution in [0.5, 0.6) is 0 Å². The number of rotatable bonds is 19. The van der Waals surface area contributed by atoms with Gasteiger partial charge in [-0.1, -0.05) is 84.9 Å². The van der Waals surface area contributed by atoms with Crippen LogP contribution in [0, 0.1) is 0 Å². The van der Waals surface area contributed by atoms with Crippen LogP contribution in [0.4, 0.5) is 0 Å². The molecule has 50 heavy (non-hydrogen) atoms. The Morgan fingerprint density at radius 3 is 1.22 bits per heavy atom. The summed E-state index contributed by atoms with van der Waals surface area (Å²) in [5.74, 6) is -0.186. The molecule has 6 nitrogen and oxygen atoms in total. The van der Waals surface area contributed by atoms with Gasteiger partial charge in [-0.3, -0.25) is 0 Å². The van der Waals surface area contributed by atoms with E-state index in [0.29, 0.717) is 26.1 Å². The lowest BCUT2D eigenvalue weighted by Gasteiger charge is -2.12. The molecule has 0 saturated carbocycles. The first-order valence-corrected chi connectivity index (χ1v) is 18.8. The Kier molecular flexibility index (Phi) is 15.4. The molecule has 4 aromatic rings. The number of aliphatic carboxylic acids is 2. The van der Waals surface area contributed by atoms with Crippen molar-refractivity contribution < 1.29 is 29.3 Å². The van der Waals surface area contributed by atoms with E-state index < -0.39 is 24.1 Å². The Hall–Kier alpha value is -4.08. The van der Waals surface area contributed by atoms with Crippen LogP contribution >= 0.6 is 23.5 Å². The Morgan fingerprint density at radius 2 is 0.920 bits per heavy atom. The Bertz CT molecular complexity index is 1600. The molecule has 2 N–H and O–H groups in total. The maximum absolute atomic E-state index is 11.4. The average molecular weight is 711 g/mol. The van der Waals surface area contributed by atoms with E-state index in [-0.39, 0.29) is 0 Å². The molecule has 0 amide bonds. The fourth-order valence-corrected chi connectivity index (χ4v) is 7.03. The fraction of sp³-hybridized carbons (Fsp3) is 0.286. The third-order valence-electron chi connectivity index (χ3n) is 8.27. The third-order valence-corrected chi connectivity index (χ3v) is 10.1. The van der Waals surface area contributed by atoms with E-state index in [9.17, 15) is 19.8 Å². The minimum absolute atomic E-state index is 0.359. The normalized spacial score (nSPS) is 13.2. The van der Waals surface area contributed by atoms with Crippen LogP contribution in [0.3, 0.4) is 0 Å². The summed E-state index contributed by atoms with van der Waals surface area (Å²) in [4.78, 5) is 25.0. The summed E-state index contributed by atoms with van der Waals surface area (Å²) < 4.78 is 10.7. The second-order valence-electron chi connectivity index (χ2n) is 11.8. The number of hydrogen-bond donors (Lipinski definition) is 2. The second-order valence-corrected chi connectivity index (χ2v) is 14.0. The van der Waals surface area contributed by atoms with Crippen LogP contribution in [0.25, 0.3) is 22.3 Å². The molecule has 2 unspecified atom stereocenters. The van der Waals surface area contributed by atoms with Gasteiger partial charge in [-0.2, -0.15) is 0 Å². The van der Waals surface area contributed by atoms with E-state index in [1.807, 2.05) is 48.5 Å². The summed E-state index contributed by atoms with van der Waals surface area (Å²) in [5, 5.41) is 18.6. The van der Waals surface area contributed by atoms with E-state index in [2.05, 4.69) is 74.5 Å². The highest BCUT2D eigenvalue weighted by Crippen LogP contribution is 2.27. The first kappa shape index (κ1) is 38.7. The molecule has 0 bridgehead atoms. The highest BCUT2D eigenvalue weighted by Gasteiger charge is 2.18. The van der Waals surface area contributed by atoms with E-state index >= 15 is 0 Å². The van der Waals surface area contributed by atoms with Crippen molar-refractivity contribution in [2.75, 3.05) is 24.7 Å². The number of carboxylic acids is 2. The van der Waals surface area contributed by atoms with Crippen molar-refractivity contribution in [3.63, 3.8) is 0 Å². The van der Waals surface area contributed by atoms with Gasteiger partial charge in [-0.05, 0) is 96.5 Å². The van der Waals surface area contributed by atoms with Crippen molar-refractivity contribution in [2.45, 2.75) is 62.5 Å². The van der Waals surface area contributed by atoms with Gasteiger partial charge >= 0.3 is 11.9 Å². The predicted octanol–water partition coefficient (Wildman–Crippen LogP) is 9.81. The monoisotopic (exact) mass is 710 g/mol. The van der Waals surface area contributed by atoms with E-state index in [1.165, 1.54) is 33.4 Å². The first-order chi connectivity index (χ1) is 24.2. The molecular formula is C42H46O6S2. The Balaban J connectivity index is 1.25. The zero-order chi connectivity index (χ0) is 35.9. The van der Waals surface area contributed by atoms with E-state index in [1.54, 1.807) is 37.4 Å². The molecule has 0 fully saturated rings. The molecule has 4 aromatic carbocycles. The summed E-state index contributed by atoms with van der Waals surface area (Å²) in [6.07, 6.45) is 3.56. The smallest absolute Gasteiger partial charge is 0.333 e. The number of carbonyl (C=O) groups is 2. The minimum Gasteiger partial charge on any atom is -0.479 e. The lowest BCUT2D eigenvalue weighted by atomic mass is 9.99. The number of carboxylic acid groups (broad SMARTS) is 2. The first-order valence-electron chi connectivity index (χ1n) is 16.8. The van der Waals surface area contributed by atoms with Crippen LogP contribution in [-0.4, -0.2) is 59.1 Å². The highest BCUT2D eigenvalue weighted by atomic mass is 32.2. The molecule has 0 aliphatic rings. The van der Waals surface area contributed by atoms with Gasteiger partial charge in [0, 0.05) is 47.4 Å². The maximum Gasteiger partial charge on any atom is 0.333 e. The summed E-state index contributed by atoms with van der Waals surface area (Å²) in [7, 11) is 0. The topological polar surface area (TPSA) is 93.1 Å². The van der Waals surface area contributed by atoms with Crippen molar-refractivity contribution in [2.24, 2.45) is 0 Å². The van der Waals surface area contributed by atoms with Crippen molar-refractivity contribution in [1.29, 1.82) is 0 Å². The van der Waals surface area contributed by atoms with Gasteiger partial charge in [0.05, 0.1) is 0 Å². The molecule has 262 valence electrons. The SMILES string of the molecule is CCOC(Cc1ccc(SC/C=C(/C)c2ccc(-c3ccc(/C(C)=C\CSc4ccc(CC(OCC)C(=O)O)cc4)cc3)cc2)cc1)C(=O)O. The van der Waals surface area contributed by atoms with Crippen molar-refractivity contribution in [3.8, 4) is 11.1 Å². The number of thioether (sulfide) groups is 2. The molecule has 0 saturated heterocycles. The van der Waals surface area contributed by atoms with Gasteiger partial charge in [0.1, 0.15) is 0 Å². The van der Waals surface area contributed by atoms with Crippen LogP contribution in [0.1, 0.15) is 49.9 Å². The molecule has 0 heterocycles. The Labute approximate surface area is 304 Å². The average Bonchev–Trinajstić information content (AvgIpc) is 3.12. The molecule has 0 aliphatic carbocycles. The van der Waals surface area contributed by atoms with Crippen LogP contribution in [-0.2, 0) is 31.9 Å². The van der Waals surface area contributed by atoms with Crippen LogP contribution in [0.15, 0.2) is 119 Å². The summed E-state index contributed by atoms with van der Waals surface area (Å²) >= 11 is 3.50. The van der Waals surface area contributed by atoms with Crippen molar-refractivity contribution >= 4 is 46.6 Å². The number of hydrogen-bond acceptors (Lipinski definition) is 6. The summed E-state index contributed by atoms with van der Waals surface area (Å²) in [6.45, 7) is 8.63. The lowest BCUT2D eigenvalue weighted by Crippen LogP contribution is -2.26. The van der Waals surface area contributed by atoms with Gasteiger partial charge in [0.25, 0.3) is 0 Å². The lowest BCUT2D eigenvalue weighted by molar-refractivity contribution is -0.150. The third kappa shape index (κ3) is 12.1. The molecule has 0 radical (unpaired) electrons. The molecule has 8 heteroatoms. The van der Waals surface area contributed by atoms with Gasteiger partial charge < -0.3 is 19.7 Å². The molecule has 0 aliphatic heterocycles. The molecule has 2 atom stereocenters. The minimum atomic E-state index is -0.933. The second kappa shape index (κ2) is 19.9. The van der Waals surface area contributed by atoms with Crippen LogP contribution in [0.2, 0.25) is 0 Å². The van der Waals surface area contributed by atoms with Crippen molar-refractivity contribution in [3.05, 3.63) is 131 Å². The Morgan fingerprint density at radius 1 is 0.580 bits per heavy atom. The maximum atomic E-state index is 11.4. The fourth-order valence-electron chi connectivity index (χ4n) is 5.32. The quantitative estimate of drug-likeness (QED) is 0.0930. The molecule has 0 spiro atoms. The summed E-state index contributed by atoms with van der Waals surface area (Å²) in [5.41, 5.74) is 9.08. The van der Waals surface area contributed by atoms with E-state index in [0.717, 1.165) is 32.4 Å². The zero-order valence-corrected chi connectivity index (χ0v) is 30.8. The predicted molar refractivity (Wildman–Crippen MR) is 207 cm³/mol. The largest absolute Gasteiger partial charge is 0.479 e. The highest BCUT2D eigenvalue weighted by molar-refractivity contribution is 7.99. The number of benzene rings is 4. The van der Waals surface area contributed by atoms with Crippen LogP contribution < -0.4 is 0 Å². The molecule has 4 rings (SSSR count).